The molecule has 0 fully saturated rings. The van der Waals surface area contributed by atoms with Gasteiger partial charge in [0.2, 0.25) is 0 Å². The number of thiazole rings is 1. The number of hydrogen-bond acceptors (Lipinski definition) is 4. The number of benzene rings is 2. The van der Waals surface area contributed by atoms with Crippen LogP contribution in [0.4, 0.5) is 13.9 Å². The highest BCUT2D eigenvalue weighted by atomic mass is 32.1. The van der Waals surface area contributed by atoms with Gasteiger partial charge < -0.3 is 4.90 Å². The van der Waals surface area contributed by atoms with Crippen molar-refractivity contribution in [3.05, 3.63) is 87.9 Å². The number of ketones is 1. The number of carbonyl (C=O) groups is 1. The van der Waals surface area contributed by atoms with Gasteiger partial charge in [0, 0.05) is 31.1 Å². The van der Waals surface area contributed by atoms with Crippen molar-refractivity contribution < 1.29 is 13.6 Å². The molecule has 0 atom stereocenters. The first-order chi connectivity index (χ1) is 14.0. The van der Waals surface area contributed by atoms with E-state index in [2.05, 4.69) is 16.8 Å². The van der Waals surface area contributed by atoms with Crippen LogP contribution in [0.25, 0.3) is 5.57 Å². The third-order valence-corrected chi connectivity index (χ3v) is 6.05. The summed E-state index contributed by atoms with van der Waals surface area (Å²) >= 11 is 1.63. The average Bonchev–Trinajstić information content (AvgIpc) is 3.24. The van der Waals surface area contributed by atoms with Crippen molar-refractivity contribution in [2.24, 2.45) is 0 Å². The van der Waals surface area contributed by atoms with Gasteiger partial charge in [-0.15, -0.1) is 11.3 Å². The Hall–Kier alpha value is -2.86. The Balaban J connectivity index is 1.51. The summed E-state index contributed by atoms with van der Waals surface area (Å²) in [6.45, 7) is 3.88. The number of hydrogen-bond donors (Lipinski definition) is 0. The Morgan fingerprint density at radius 1 is 1.14 bits per heavy atom. The van der Waals surface area contributed by atoms with Gasteiger partial charge in [-0.2, -0.15) is 0 Å². The molecule has 1 aromatic heterocycles. The van der Waals surface area contributed by atoms with Gasteiger partial charge in [-0.1, -0.05) is 35.9 Å². The van der Waals surface area contributed by atoms with Crippen molar-refractivity contribution in [2.75, 3.05) is 18.0 Å². The number of anilines is 1. The summed E-state index contributed by atoms with van der Waals surface area (Å²) in [7, 11) is 0. The third-order valence-electron chi connectivity index (χ3n) is 5.22. The Morgan fingerprint density at radius 2 is 1.86 bits per heavy atom. The molecule has 0 spiro atoms. The van der Waals surface area contributed by atoms with Crippen molar-refractivity contribution in [2.45, 2.75) is 19.8 Å². The maximum atomic E-state index is 13.8. The van der Waals surface area contributed by atoms with Gasteiger partial charge in [0.1, 0.15) is 11.6 Å². The van der Waals surface area contributed by atoms with E-state index in [0.717, 1.165) is 47.9 Å². The summed E-state index contributed by atoms with van der Waals surface area (Å²) in [6.07, 6.45) is 2.75. The molecule has 6 heteroatoms. The van der Waals surface area contributed by atoms with Gasteiger partial charge >= 0.3 is 0 Å². The Kier molecular flexibility index (Phi) is 5.53. The highest BCUT2D eigenvalue weighted by Crippen LogP contribution is 2.30. The summed E-state index contributed by atoms with van der Waals surface area (Å²) in [5.74, 6) is -2.20. The topological polar surface area (TPSA) is 33.2 Å². The lowest BCUT2D eigenvalue weighted by atomic mass is 9.93. The second-order valence-electron chi connectivity index (χ2n) is 7.14. The average molecular weight is 410 g/mol. The van der Waals surface area contributed by atoms with Crippen molar-refractivity contribution in [1.82, 2.24) is 4.98 Å². The minimum atomic E-state index is -0.822. The van der Waals surface area contributed by atoms with Gasteiger partial charge in [-0.05, 0) is 42.2 Å². The van der Waals surface area contributed by atoms with Crippen LogP contribution in [-0.4, -0.2) is 23.9 Å². The zero-order valence-corrected chi connectivity index (χ0v) is 16.8. The van der Waals surface area contributed by atoms with E-state index in [1.807, 2.05) is 35.8 Å². The third kappa shape index (κ3) is 4.12. The molecule has 3 nitrogen and oxygen atoms in total. The maximum absolute atomic E-state index is 13.8. The second-order valence-corrected chi connectivity index (χ2v) is 8.01. The van der Waals surface area contributed by atoms with Gasteiger partial charge in [-0.25, -0.2) is 13.8 Å². The summed E-state index contributed by atoms with van der Waals surface area (Å²) in [6, 6.07) is 11.1. The molecule has 0 amide bonds. The van der Waals surface area contributed by atoms with E-state index in [-0.39, 0.29) is 6.42 Å². The fourth-order valence-corrected chi connectivity index (χ4v) is 4.26. The van der Waals surface area contributed by atoms with Crippen molar-refractivity contribution >= 4 is 27.8 Å². The van der Waals surface area contributed by atoms with Crippen LogP contribution in [0.3, 0.4) is 0 Å². The van der Waals surface area contributed by atoms with Crippen LogP contribution < -0.4 is 4.90 Å². The van der Waals surface area contributed by atoms with Gasteiger partial charge in [0.05, 0.1) is 5.56 Å². The first-order valence-electron chi connectivity index (χ1n) is 9.42. The summed E-state index contributed by atoms with van der Waals surface area (Å²) in [5, 5.41) is 2.99. The minimum absolute atomic E-state index is 0.0403. The van der Waals surface area contributed by atoms with Gasteiger partial charge in [0.25, 0.3) is 0 Å². The van der Waals surface area contributed by atoms with Crippen LogP contribution in [0.5, 0.6) is 0 Å². The van der Waals surface area contributed by atoms with Crippen LogP contribution in [-0.2, 0) is 6.42 Å². The standard InChI is InChI=1S/C23H20F2N2OS/c1-15-9-11-27(23-26-10-12-29-23)14-18(15)17-7-5-16(6-8-17)13-21(28)22-19(24)3-2-4-20(22)25/h2-8,10,12H,9,11,13-14H2,1H3. The van der Waals surface area contributed by atoms with Crippen LogP contribution in [0.15, 0.2) is 59.6 Å². The van der Waals surface area contributed by atoms with Crippen molar-refractivity contribution in [1.29, 1.82) is 0 Å². The van der Waals surface area contributed by atoms with Crippen LogP contribution in [0.2, 0.25) is 0 Å². The Bertz CT molecular complexity index is 1040. The number of carbonyl (C=O) groups excluding carboxylic acids is 1. The highest BCUT2D eigenvalue weighted by Gasteiger charge is 2.20. The van der Waals surface area contributed by atoms with E-state index in [0.29, 0.717) is 0 Å². The molecule has 1 aliphatic rings. The molecule has 2 heterocycles. The molecule has 0 unspecified atom stereocenters. The summed E-state index contributed by atoms with van der Waals surface area (Å²) < 4.78 is 27.7. The van der Waals surface area contributed by atoms with Crippen LogP contribution in [0, 0.1) is 11.6 Å². The number of aromatic nitrogens is 1. The lowest BCUT2D eigenvalue weighted by molar-refractivity contribution is 0.0985. The zero-order chi connectivity index (χ0) is 20.4. The molecule has 0 aliphatic carbocycles. The van der Waals surface area contributed by atoms with Gasteiger partial charge in [-0.3, -0.25) is 4.79 Å². The molecular formula is C23H20F2N2OS. The normalized spacial score (nSPS) is 14.4. The van der Waals surface area contributed by atoms with Crippen molar-refractivity contribution in [3.63, 3.8) is 0 Å². The molecule has 148 valence electrons. The molecule has 0 saturated heterocycles. The number of nitrogens with zero attached hydrogens (tertiary/aromatic N) is 2. The first kappa shape index (κ1) is 19.5. The molecule has 1 aliphatic heterocycles. The first-order valence-corrected chi connectivity index (χ1v) is 10.3. The molecule has 29 heavy (non-hydrogen) atoms. The molecule has 0 radical (unpaired) electrons. The largest absolute Gasteiger partial charge is 0.343 e. The fraction of sp³-hybridized carbons (Fsp3) is 0.217. The number of halogens is 2. The highest BCUT2D eigenvalue weighted by molar-refractivity contribution is 7.13. The lowest BCUT2D eigenvalue weighted by Crippen LogP contribution is -2.30. The number of rotatable bonds is 5. The smallest absolute Gasteiger partial charge is 0.185 e. The minimum Gasteiger partial charge on any atom is -0.343 e. The van der Waals surface area contributed by atoms with E-state index < -0.39 is 23.0 Å². The Labute approximate surface area is 172 Å². The van der Waals surface area contributed by atoms with E-state index in [4.69, 9.17) is 0 Å². The second kappa shape index (κ2) is 8.25. The molecule has 2 aromatic carbocycles. The van der Waals surface area contributed by atoms with Gasteiger partial charge in [0.15, 0.2) is 10.9 Å². The number of Topliss-reactive ketones (excluding diaryl/α,β-unsaturated/α-hetero) is 1. The molecule has 3 aromatic rings. The maximum Gasteiger partial charge on any atom is 0.185 e. The molecule has 4 rings (SSSR count). The quantitative estimate of drug-likeness (QED) is 0.519. The van der Waals surface area contributed by atoms with Crippen LogP contribution >= 0.6 is 11.3 Å². The molecule has 0 saturated carbocycles. The predicted molar refractivity (Wildman–Crippen MR) is 112 cm³/mol. The van der Waals surface area contributed by atoms with E-state index in [1.54, 1.807) is 11.3 Å². The van der Waals surface area contributed by atoms with Crippen LogP contribution in [0.1, 0.15) is 34.8 Å². The fourth-order valence-electron chi connectivity index (χ4n) is 3.59. The van der Waals surface area contributed by atoms with E-state index in [1.165, 1.54) is 17.2 Å². The molecule has 0 N–H and O–H groups in total. The monoisotopic (exact) mass is 410 g/mol. The van der Waals surface area contributed by atoms with E-state index in [9.17, 15) is 13.6 Å². The summed E-state index contributed by atoms with van der Waals surface area (Å²) in [5.41, 5.74) is 3.95. The Morgan fingerprint density at radius 3 is 2.52 bits per heavy atom. The predicted octanol–water partition coefficient (Wildman–Crippen LogP) is 5.53. The zero-order valence-electron chi connectivity index (χ0n) is 16.0. The molecular weight excluding hydrogens is 390 g/mol. The van der Waals surface area contributed by atoms with E-state index >= 15 is 0 Å². The van der Waals surface area contributed by atoms with Crippen molar-refractivity contribution in [3.8, 4) is 0 Å². The summed E-state index contributed by atoms with van der Waals surface area (Å²) in [4.78, 5) is 19.0. The SMILES string of the molecule is CC1=C(c2ccc(CC(=O)c3c(F)cccc3F)cc2)CN(c2nccs2)CC1. The lowest BCUT2D eigenvalue weighted by Gasteiger charge is -2.30. The molecule has 0 bridgehead atoms.